The van der Waals surface area contributed by atoms with E-state index in [1.165, 1.54) is 30.4 Å². The molecule has 1 saturated carbocycles. The first-order chi connectivity index (χ1) is 11.7. The van der Waals surface area contributed by atoms with Crippen LogP contribution in [0.5, 0.6) is 0 Å². The minimum atomic E-state index is -0.250. The number of benzene rings is 2. The van der Waals surface area contributed by atoms with Crippen LogP contribution in [0.2, 0.25) is 0 Å². The van der Waals surface area contributed by atoms with Gasteiger partial charge in [0.05, 0.1) is 0 Å². The van der Waals surface area contributed by atoms with Crippen LogP contribution in [0.25, 0.3) is 0 Å². The maximum Gasteiger partial charge on any atom is 0.290 e. The summed E-state index contributed by atoms with van der Waals surface area (Å²) in [5.41, 5.74) is 2.85. The van der Waals surface area contributed by atoms with Crippen molar-refractivity contribution in [2.24, 2.45) is 5.92 Å². The Bertz CT molecular complexity index is 544. The van der Waals surface area contributed by atoms with Crippen LogP contribution in [0.4, 0.5) is 0 Å². The molecule has 0 bridgehead atoms. The summed E-state index contributed by atoms with van der Waals surface area (Å²) in [5.74, 6) is 0.879. The van der Waals surface area contributed by atoms with E-state index in [1.54, 1.807) is 0 Å². The van der Waals surface area contributed by atoms with E-state index in [0.717, 1.165) is 25.0 Å². The van der Waals surface area contributed by atoms with Gasteiger partial charge in [-0.25, -0.2) is 0 Å². The zero-order chi connectivity index (χ0) is 17.2. The highest BCUT2D eigenvalue weighted by Crippen LogP contribution is 2.30. The van der Waals surface area contributed by atoms with Crippen molar-refractivity contribution < 1.29 is 9.90 Å². The second-order valence-corrected chi connectivity index (χ2v) is 6.55. The predicted molar refractivity (Wildman–Crippen MR) is 97.6 cm³/mol. The molecule has 24 heavy (non-hydrogen) atoms. The number of carboxylic acid groups (broad SMARTS) is 1. The molecule has 2 atom stereocenters. The Morgan fingerprint density at radius 1 is 0.958 bits per heavy atom. The largest absolute Gasteiger partial charge is 0.483 e. The van der Waals surface area contributed by atoms with Crippen molar-refractivity contribution in [2.75, 3.05) is 0 Å². The SMILES string of the molecule is CC1CCC(N(Cc2ccccc2)Cc2ccccc2)C1.O=CO. The quantitative estimate of drug-likeness (QED) is 0.818. The zero-order valence-corrected chi connectivity index (χ0v) is 14.3. The zero-order valence-electron chi connectivity index (χ0n) is 14.3. The van der Waals surface area contributed by atoms with E-state index in [9.17, 15) is 0 Å². The Hall–Kier alpha value is -2.13. The van der Waals surface area contributed by atoms with E-state index >= 15 is 0 Å². The van der Waals surface area contributed by atoms with Crippen LogP contribution < -0.4 is 0 Å². The molecular weight excluding hydrogens is 298 g/mol. The highest BCUT2D eigenvalue weighted by molar-refractivity contribution is 5.32. The van der Waals surface area contributed by atoms with Gasteiger partial charge < -0.3 is 5.11 Å². The first-order valence-electron chi connectivity index (χ1n) is 8.62. The molecule has 0 heterocycles. The van der Waals surface area contributed by atoms with Gasteiger partial charge in [-0.3, -0.25) is 9.69 Å². The summed E-state index contributed by atoms with van der Waals surface area (Å²) in [5, 5.41) is 6.89. The summed E-state index contributed by atoms with van der Waals surface area (Å²) in [6.45, 7) is 4.27. The summed E-state index contributed by atoms with van der Waals surface area (Å²) < 4.78 is 0. The van der Waals surface area contributed by atoms with Gasteiger partial charge in [-0.2, -0.15) is 0 Å². The fraction of sp³-hybridized carbons (Fsp3) is 0.381. The van der Waals surface area contributed by atoms with Crippen molar-refractivity contribution in [3.05, 3.63) is 71.8 Å². The van der Waals surface area contributed by atoms with Crippen LogP contribution in [-0.2, 0) is 17.9 Å². The lowest BCUT2D eigenvalue weighted by molar-refractivity contribution is -0.122. The van der Waals surface area contributed by atoms with Gasteiger partial charge in [0.25, 0.3) is 6.47 Å². The summed E-state index contributed by atoms with van der Waals surface area (Å²) >= 11 is 0. The molecule has 1 N–H and O–H groups in total. The molecule has 1 fully saturated rings. The average Bonchev–Trinajstić information content (AvgIpc) is 3.03. The molecular formula is C21H27NO2. The van der Waals surface area contributed by atoms with Crippen molar-refractivity contribution in [2.45, 2.75) is 45.3 Å². The van der Waals surface area contributed by atoms with Gasteiger partial charge in [-0.1, -0.05) is 67.6 Å². The van der Waals surface area contributed by atoms with Crippen LogP contribution in [0.3, 0.4) is 0 Å². The summed E-state index contributed by atoms with van der Waals surface area (Å²) in [7, 11) is 0. The average molecular weight is 325 g/mol. The molecule has 0 radical (unpaired) electrons. The van der Waals surface area contributed by atoms with Crippen LogP contribution in [0.15, 0.2) is 60.7 Å². The van der Waals surface area contributed by atoms with Gasteiger partial charge >= 0.3 is 0 Å². The Morgan fingerprint density at radius 3 is 1.79 bits per heavy atom. The molecule has 0 aliphatic heterocycles. The molecule has 2 aromatic carbocycles. The number of hydrogen-bond acceptors (Lipinski definition) is 2. The molecule has 0 aromatic heterocycles. The van der Waals surface area contributed by atoms with Crippen molar-refractivity contribution >= 4 is 6.47 Å². The Morgan fingerprint density at radius 2 is 1.42 bits per heavy atom. The lowest BCUT2D eigenvalue weighted by Gasteiger charge is -2.29. The highest BCUT2D eigenvalue weighted by atomic mass is 16.3. The van der Waals surface area contributed by atoms with E-state index in [-0.39, 0.29) is 6.47 Å². The third-order valence-electron chi connectivity index (χ3n) is 4.64. The van der Waals surface area contributed by atoms with Gasteiger partial charge in [0.1, 0.15) is 0 Å². The summed E-state index contributed by atoms with van der Waals surface area (Å²) in [6.07, 6.45) is 4.07. The number of carbonyl (C=O) groups is 1. The number of rotatable bonds is 5. The Labute approximate surface area is 144 Å². The molecule has 2 aromatic rings. The van der Waals surface area contributed by atoms with Gasteiger partial charge in [0.15, 0.2) is 0 Å². The van der Waals surface area contributed by atoms with Crippen molar-refractivity contribution in [3.8, 4) is 0 Å². The van der Waals surface area contributed by atoms with Crippen molar-refractivity contribution in [1.29, 1.82) is 0 Å². The molecule has 2 unspecified atom stereocenters. The third kappa shape index (κ3) is 5.82. The van der Waals surface area contributed by atoms with Crippen LogP contribution >= 0.6 is 0 Å². The van der Waals surface area contributed by atoms with Crippen molar-refractivity contribution in [3.63, 3.8) is 0 Å². The highest BCUT2D eigenvalue weighted by Gasteiger charge is 2.26. The fourth-order valence-corrected chi connectivity index (χ4v) is 3.46. The minimum Gasteiger partial charge on any atom is -0.483 e. The Balaban J connectivity index is 0.000000647. The maximum absolute atomic E-state index is 8.36. The monoisotopic (exact) mass is 325 g/mol. The van der Waals surface area contributed by atoms with E-state index in [4.69, 9.17) is 9.90 Å². The molecule has 0 amide bonds. The van der Waals surface area contributed by atoms with Crippen molar-refractivity contribution in [1.82, 2.24) is 4.90 Å². The molecule has 0 spiro atoms. The normalized spacial score (nSPS) is 19.6. The molecule has 128 valence electrons. The standard InChI is InChI=1S/C20H25N.CH2O2/c1-17-12-13-20(14-17)21(15-18-8-4-2-5-9-18)16-19-10-6-3-7-11-19;2-1-3/h2-11,17,20H,12-16H2,1H3;1H,(H,2,3). The summed E-state index contributed by atoms with van der Waals surface area (Å²) in [4.78, 5) is 11.0. The number of nitrogens with zero attached hydrogens (tertiary/aromatic N) is 1. The van der Waals surface area contributed by atoms with Crippen LogP contribution in [0, 0.1) is 5.92 Å². The first kappa shape index (κ1) is 18.2. The Kier molecular flexibility index (Phi) is 7.50. The van der Waals surface area contributed by atoms with E-state index in [2.05, 4.69) is 72.5 Å². The lowest BCUT2D eigenvalue weighted by Crippen LogP contribution is -2.32. The topological polar surface area (TPSA) is 40.5 Å². The molecule has 1 aliphatic rings. The molecule has 1 aliphatic carbocycles. The second-order valence-electron chi connectivity index (χ2n) is 6.55. The fourth-order valence-electron chi connectivity index (χ4n) is 3.46. The molecule has 3 heteroatoms. The van der Waals surface area contributed by atoms with Crippen LogP contribution in [0.1, 0.15) is 37.3 Å². The van der Waals surface area contributed by atoms with Crippen LogP contribution in [-0.4, -0.2) is 22.5 Å². The minimum absolute atomic E-state index is 0.250. The van der Waals surface area contributed by atoms with E-state index in [1.807, 2.05) is 0 Å². The van der Waals surface area contributed by atoms with E-state index < -0.39 is 0 Å². The molecule has 0 saturated heterocycles. The predicted octanol–water partition coefficient (Wildman–Crippen LogP) is 4.58. The van der Waals surface area contributed by atoms with E-state index in [0.29, 0.717) is 0 Å². The maximum atomic E-state index is 8.36. The first-order valence-corrected chi connectivity index (χ1v) is 8.62. The van der Waals surface area contributed by atoms with Gasteiger partial charge in [0, 0.05) is 19.1 Å². The molecule has 3 rings (SSSR count). The van der Waals surface area contributed by atoms with Gasteiger partial charge in [-0.15, -0.1) is 0 Å². The summed E-state index contributed by atoms with van der Waals surface area (Å²) in [6, 6.07) is 22.5. The lowest BCUT2D eigenvalue weighted by atomic mass is 10.1. The smallest absolute Gasteiger partial charge is 0.290 e. The van der Waals surface area contributed by atoms with Gasteiger partial charge in [-0.05, 0) is 36.3 Å². The molecule has 3 nitrogen and oxygen atoms in total. The third-order valence-corrected chi connectivity index (χ3v) is 4.64. The number of hydrogen-bond donors (Lipinski definition) is 1. The van der Waals surface area contributed by atoms with Gasteiger partial charge in [0.2, 0.25) is 0 Å². The second kappa shape index (κ2) is 9.89.